The molecule has 3 heterocycles. The number of alkyl halides is 3. The summed E-state index contributed by atoms with van der Waals surface area (Å²) in [5.74, 6) is -0.788. The Morgan fingerprint density at radius 3 is 2.53 bits per heavy atom. The minimum atomic E-state index is -4.79. The van der Waals surface area contributed by atoms with Crippen molar-refractivity contribution in [2.75, 3.05) is 12.4 Å². The maximum absolute atomic E-state index is 13.7. The Bertz CT molecular complexity index is 1380. The van der Waals surface area contributed by atoms with Crippen LogP contribution in [0.3, 0.4) is 0 Å². The van der Waals surface area contributed by atoms with Crippen LogP contribution in [0.1, 0.15) is 21.7 Å². The zero-order chi connectivity index (χ0) is 23.0. The van der Waals surface area contributed by atoms with Gasteiger partial charge in [-0.3, -0.25) is 19.7 Å². The van der Waals surface area contributed by atoms with Crippen molar-refractivity contribution < 1.29 is 22.7 Å². The predicted octanol–water partition coefficient (Wildman–Crippen LogP) is 3.07. The molecule has 0 saturated heterocycles. The summed E-state index contributed by atoms with van der Waals surface area (Å²) >= 11 is 0. The molecule has 9 nitrogen and oxygen atoms in total. The highest BCUT2D eigenvalue weighted by Crippen LogP contribution is 2.38. The number of ether oxygens (including phenoxy) is 1. The van der Waals surface area contributed by atoms with Gasteiger partial charge in [-0.15, -0.1) is 0 Å². The molecule has 164 valence electrons. The van der Waals surface area contributed by atoms with Crippen LogP contribution in [0.5, 0.6) is 5.88 Å². The van der Waals surface area contributed by atoms with Gasteiger partial charge in [0.05, 0.1) is 30.8 Å². The monoisotopic (exact) mass is 444 g/mol. The zero-order valence-corrected chi connectivity index (χ0v) is 16.7. The molecular formula is C20H15F3N6O3. The van der Waals surface area contributed by atoms with Crippen LogP contribution in [0.4, 0.5) is 19.0 Å². The van der Waals surface area contributed by atoms with Gasteiger partial charge in [-0.25, -0.2) is 4.98 Å². The molecule has 2 N–H and O–H groups in total. The van der Waals surface area contributed by atoms with E-state index in [1.165, 1.54) is 38.6 Å². The summed E-state index contributed by atoms with van der Waals surface area (Å²) in [6, 6.07) is 7.74. The molecule has 0 radical (unpaired) electrons. The fourth-order valence-electron chi connectivity index (χ4n) is 3.21. The van der Waals surface area contributed by atoms with Gasteiger partial charge in [-0.05, 0) is 12.5 Å². The van der Waals surface area contributed by atoms with E-state index < -0.39 is 28.9 Å². The van der Waals surface area contributed by atoms with Crippen molar-refractivity contribution in [2.24, 2.45) is 0 Å². The number of carbonyl (C=O) groups excluding carboxylic acids is 1. The van der Waals surface area contributed by atoms with Crippen LogP contribution in [0.15, 0.2) is 47.5 Å². The number of methoxy groups -OCH3 is 1. The molecule has 0 saturated carbocycles. The van der Waals surface area contributed by atoms with Gasteiger partial charge in [-0.2, -0.15) is 22.7 Å². The number of anilines is 1. The van der Waals surface area contributed by atoms with E-state index in [1.54, 1.807) is 18.2 Å². The summed E-state index contributed by atoms with van der Waals surface area (Å²) < 4.78 is 46.8. The number of amides is 1. The molecule has 0 aliphatic rings. The lowest BCUT2D eigenvalue weighted by Gasteiger charge is -2.08. The number of rotatable bonds is 4. The Hall–Kier alpha value is -4.22. The van der Waals surface area contributed by atoms with Crippen molar-refractivity contribution in [3.63, 3.8) is 0 Å². The first-order valence-electron chi connectivity index (χ1n) is 9.16. The summed E-state index contributed by atoms with van der Waals surface area (Å²) in [6.07, 6.45) is -2.26. The Morgan fingerprint density at radius 1 is 1.16 bits per heavy atom. The second-order valence-electron chi connectivity index (χ2n) is 6.66. The standard InChI is InChI=1S/C20H15F3N6O3/c1-10-14(18(30)27-12-8-24-9-13(26-12)32-2)19(31)29-17(25-10)15(11-6-4-3-5-7-11)16(28-29)20(21,22)23/h3-9,28H,1-2H3,(H,26,27,30). The first-order chi connectivity index (χ1) is 15.2. The van der Waals surface area contributed by atoms with Crippen LogP contribution in [0.25, 0.3) is 16.8 Å². The molecule has 0 unspecified atom stereocenters. The van der Waals surface area contributed by atoms with Gasteiger partial charge in [0.15, 0.2) is 11.5 Å². The maximum Gasteiger partial charge on any atom is 0.433 e. The summed E-state index contributed by atoms with van der Waals surface area (Å²) in [4.78, 5) is 37.7. The number of hydrogen-bond acceptors (Lipinski definition) is 6. The number of nitrogens with one attached hydrogen (secondary N) is 2. The second-order valence-corrected chi connectivity index (χ2v) is 6.66. The number of hydrogen-bond donors (Lipinski definition) is 2. The van der Waals surface area contributed by atoms with E-state index in [0.717, 1.165) is 0 Å². The van der Waals surface area contributed by atoms with Gasteiger partial charge in [0, 0.05) is 0 Å². The van der Waals surface area contributed by atoms with Gasteiger partial charge in [0.1, 0.15) is 11.3 Å². The van der Waals surface area contributed by atoms with E-state index in [9.17, 15) is 22.8 Å². The number of fused-ring (bicyclic) bond motifs is 1. The smallest absolute Gasteiger partial charge is 0.433 e. The second kappa shape index (κ2) is 7.80. The Morgan fingerprint density at radius 2 is 1.88 bits per heavy atom. The van der Waals surface area contributed by atoms with Gasteiger partial charge in [0.2, 0.25) is 5.88 Å². The molecule has 0 fully saturated rings. The summed E-state index contributed by atoms with van der Waals surface area (Å²) in [6.45, 7) is 1.36. The Balaban J connectivity index is 1.88. The van der Waals surface area contributed by atoms with Crippen LogP contribution < -0.4 is 15.6 Å². The van der Waals surface area contributed by atoms with Crippen LogP contribution in [-0.4, -0.2) is 37.6 Å². The first-order valence-corrected chi connectivity index (χ1v) is 9.16. The van der Waals surface area contributed by atoms with E-state index in [0.29, 0.717) is 4.52 Å². The number of H-pyrrole nitrogens is 1. The molecule has 0 spiro atoms. The molecule has 12 heteroatoms. The van der Waals surface area contributed by atoms with E-state index >= 15 is 0 Å². The highest BCUT2D eigenvalue weighted by molar-refractivity contribution is 6.04. The van der Waals surface area contributed by atoms with Crippen molar-refractivity contribution >= 4 is 17.4 Å². The predicted molar refractivity (Wildman–Crippen MR) is 108 cm³/mol. The molecule has 0 aliphatic heterocycles. The van der Waals surface area contributed by atoms with Crippen molar-refractivity contribution in [1.82, 2.24) is 24.6 Å². The Labute approximate surface area is 177 Å². The van der Waals surface area contributed by atoms with Crippen LogP contribution >= 0.6 is 0 Å². The molecule has 1 aromatic carbocycles. The molecule has 0 atom stereocenters. The van der Waals surface area contributed by atoms with Crippen molar-refractivity contribution in [2.45, 2.75) is 13.1 Å². The lowest BCUT2D eigenvalue weighted by Crippen LogP contribution is -2.29. The van der Waals surface area contributed by atoms with E-state index in [2.05, 4.69) is 25.4 Å². The molecule has 3 aromatic heterocycles. The SMILES string of the molecule is COc1cncc(NC(=O)c2c(C)nc3c(-c4ccccc4)c(C(F)(F)F)[nH]n3c2=O)n1. The van der Waals surface area contributed by atoms with Crippen molar-refractivity contribution in [1.29, 1.82) is 0 Å². The molecule has 32 heavy (non-hydrogen) atoms. The first kappa shape index (κ1) is 21.0. The number of aromatic nitrogens is 5. The maximum atomic E-state index is 13.7. The van der Waals surface area contributed by atoms with E-state index in [-0.39, 0.29) is 34.2 Å². The Kier molecular flexibility index (Phi) is 5.12. The van der Waals surface area contributed by atoms with E-state index in [4.69, 9.17) is 4.74 Å². The number of halogens is 3. The van der Waals surface area contributed by atoms with Crippen molar-refractivity contribution in [3.8, 4) is 17.0 Å². The lowest BCUT2D eigenvalue weighted by molar-refractivity contribution is -0.140. The number of aryl methyl sites for hydroxylation is 1. The topological polar surface area (TPSA) is 114 Å². The normalized spacial score (nSPS) is 11.5. The summed E-state index contributed by atoms with van der Waals surface area (Å²) in [5, 5.41) is 4.44. The van der Waals surface area contributed by atoms with Crippen LogP contribution in [0, 0.1) is 6.92 Å². The van der Waals surface area contributed by atoms with Crippen LogP contribution in [0.2, 0.25) is 0 Å². The number of benzene rings is 1. The van der Waals surface area contributed by atoms with Gasteiger partial charge < -0.3 is 10.1 Å². The van der Waals surface area contributed by atoms with Gasteiger partial charge >= 0.3 is 6.18 Å². The number of aromatic amines is 1. The third-order valence-electron chi connectivity index (χ3n) is 4.60. The van der Waals surface area contributed by atoms with Crippen LogP contribution in [-0.2, 0) is 6.18 Å². The van der Waals surface area contributed by atoms with Gasteiger partial charge in [0.25, 0.3) is 11.5 Å². The van der Waals surface area contributed by atoms with Gasteiger partial charge in [-0.1, -0.05) is 30.3 Å². The minimum Gasteiger partial charge on any atom is -0.480 e. The number of carbonyl (C=O) groups is 1. The molecule has 1 amide bonds. The average Bonchev–Trinajstić information content (AvgIpc) is 3.14. The fraction of sp³-hybridized carbons (Fsp3) is 0.150. The highest BCUT2D eigenvalue weighted by atomic mass is 19.4. The summed E-state index contributed by atoms with van der Waals surface area (Å²) in [5.41, 5.74) is -2.95. The zero-order valence-electron chi connectivity index (χ0n) is 16.7. The average molecular weight is 444 g/mol. The third-order valence-corrected chi connectivity index (χ3v) is 4.60. The van der Waals surface area contributed by atoms with Crippen molar-refractivity contribution in [3.05, 3.63) is 70.0 Å². The van der Waals surface area contributed by atoms with E-state index in [1.807, 2.05) is 0 Å². The molecule has 0 bridgehead atoms. The summed E-state index contributed by atoms with van der Waals surface area (Å²) in [7, 11) is 1.36. The molecule has 4 aromatic rings. The minimum absolute atomic E-state index is 0.00862. The largest absolute Gasteiger partial charge is 0.480 e. The molecular weight excluding hydrogens is 429 g/mol. The fourth-order valence-corrected chi connectivity index (χ4v) is 3.21. The highest BCUT2D eigenvalue weighted by Gasteiger charge is 2.38. The number of nitrogens with zero attached hydrogens (tertiary/aromatic N) is 4. The molecule has 0 aliphatic carbocycles. The third kappa shape index (κ3) is 3.66. The molecule has 4 rings (SSSR count). The quantitative estimate of drug-likeness (QED) is 0.500. The lowest BCUT2D eigenvalue weighted by atomic mass is 10.1.